The van der Waals surface area contributed by atoms with Crippen LogP contribution in [-0.4, -0.2) is 130 Å². The summed E-state index contributed by atoms with van der Waals surface area (Å²) in [6, 6.07) is -1.07. The Morgan fingerprint density at radius 3 is 2.14 bits per heavy atom. The zero-order valence-corrected chi connectivity index (χ0v) is 27.3. The number of carbonyl (C=O) groups is 5. The maximum atomic E-state index is 13.7. The number of carbonyl (C=O) groups excluding carboxylic acids is 5. The number of hydrogen-bond acceptors (Lipinski definition) is 8. The summed E-state index contributed by atoms with van der Waals surface area (Å²) in [5.74, 6) is -1.40. The van der Waals surface area contributed by atoms with Gasteiger partial charge in [0.25, 0.3) is 0 Å². The fourth-order valence-corrected chi connectivity index (χ4v) is 6.15. The van der Waals surface area contributed by atoms with E-state index in [1.54, 1.807) is 23.8 Å². The lowest BCUT2D eigenvalue weighted by atomic mass is 9.90. The van der Waals surface area contributed by atoms with E-state index in [0.29, 0.717) is 19.3 Å². The van der Waals surface area contributed by atoms with E-state index in [4.69, 9.17) is 9.47 Å². The monoisotopic (exact) mass is 597 g/mol. The minimum absolute atomic E-state index is 0.0141. The lowest BCUT2D eigenvalue weighted by molar-refractivity contribution is -0.146. The molecule has 0 aromatic heterocycles. The Kier molecular flexibility index (Phi) is 16.2. The van der Waals surface area contributed by atoms with Gasteiger partial charge in [-0.25, -0.2) is 0 Å². The molecule has 0 bridgehead atoms. The lowest BCUT2D eigenvalue weighted by Crippen LogP contribution is -2.55. The molecular formula is C30H55N5O7. The minimum atomic E-state index is -0.585. The first-order valence-electron chi connectivity index (χ1n) is 15.0. The molecule has 4 amide bonds. The number of nitrogens with zero attached hydrogens (tertiary/aromatic N) is 3. The summed E-state index contributed by atoms with van der Waals surface area (Å²) in [4.78, 5) is 68.3. The van der Waals surface area contributed by atoms with Gasteiger partial charge >= 0.3 is 0 Å². The average Bonchev–Trinajstić information content (AvgIpc) is 3.43. The van der Waals surface area contributed by atoms with Gasteiger partial charge in [-0.1, -0.05) is 41.0 Å². The first kappa shape index (κ1) is 37.5. The summed E-state index contributed by atoms with van der Waals surface area (Å²) < 4.78 is 11.6. The fraction of sp³-hybridized carbons (Fsp3) is 0.833. The van der Waals surface area contributed by atoms with Gasteiger partial charge in [-0.05, 0) is 38.8 Å². The summed E-state index contributed by atoms with van der Waals surface area (Å²) in [6.07, 6.45) is 1.75. The van der Waals surface area contributed by atoms with Crippen molar-refractivity contribution < 1.29 is 33.4 Å². The van der Waals surface area contributed by atoms with Crippen LogP contribution in [0.15, 0.2) is 0 Å². The molecule has 12 heteroatoms. The normalized spacial score (nSPS) is 19.5. The van der Waals surface area contributed by atoms with Crippen molar-refractivity contribution in [3.8, 4) is 0 Å². The van der Waals surface area contributed by atoms with E-state index in [-0.39, 0.29) is 67.1 Å². The van der Waals surface area contributed by atoms with Crippen molar-refractivity contribution in [1.82, 2.24) is 25.3 Å². The number of methoxy groups -OCH3 is 2. The van der Waals surface area contributed by atoms with Crippen LogP contribution >= 0.6 is 0 Å². The number of ether oxygens (including phenoxy) is 2. The Hall–Kier alpha value is -2.57. The summed E-state index contributed by atoms with van der Waals surface area (Å²) in [5.41, 5.74) is 0. The molecular weight excluding hydrogens is 542 g/mol. The largest absolute Gasteiger partial charge is 0.379 e. The molecule has 6 unspecified atom stereocenters. The molecule has 1 aliphatic rings. The molecule has 1 aliphatic heterocycles. The zero-order chi connectivity index (χ0) is 32.1. The standard InChI is InChI=1S/C30H55N5O7/c1-11-20(4)27(34(8)25(38)18-32-30(40)26(19(2)3)33(6)7)23(41-9)17-24(37)35-15-12-13-22(35)28(42-10)21(5)29(39)31-14-16-36/h16,19-23,26-28H,11-15,17-18H2,1-10H3,(H,31,39)(H,32,40)/t20?,21?,22-,23?,26?,27?,28?/m0/s1. The van der Waals surface area contributed by atoms with Crippen LogP contribution in [0.5, 0.6) is 0 Å². The summed E-state index contributed by atoms with van der Waals surface area (Å²) in [6.45, 7) is 9.98. The number of hydrogen-bond donors (Lipinski definition) is 2. The van der Waals surface area contributed by atoms with Crippen molar-refractivity contribution in [2.45, 2.75) is 90.6 Å². The van der Waals surface area contributed by atoms with Crippen molar-refractivity contribution in [1.29, 1.82) is 0 Å². The highest BCUT2D eigenvalue weighted by Crippen LogP contribution is 2.29. The number of likely N-dealkylation sites (tertiary alicyclic amines) is 1. The minimum Gasteiger partial charge on any atom is -0.379 e. The second-order valence-electron chi connectivity index (χ2n) is 11.9. The van der Waals surface area contributed by atoms with Gasteiger partial charge in [0, 0.05) is 27.8 Å². The molecule has 0 aromatic rings. The molecule has 42 heavy (non-hydrogen) atoms. The van der Waals surface area contributed by atoms with E-state index in [9.17, 15) is 24.0 Å². The molecule has 1 rings (SSSR count). The van der Waals surface area contributed by atoms with Crippen LogP contribution < -0.4 is 10.6 Å². The Morgan fingerprint density at radius 1 is 1.00 bits per heavy atom. The Labute approximate surface area is 252 Å². The van der Waals surface area contributed by atoms with Crippen LogP contribution in [0.2, 0.25) is 0 Å². The number of nitrogens with one attached hydrogen (secondary N) is 2. The first-order chi connectivity index (χ1) is 19.8. The topological polar surface area (TPSA) is 138 Å². The first-order valence-corrected chi connectivity index (χ1v) is 15.0. The molecule has 12 nitrogen and oxygen atoms in total. The molecule has 2 N–H and O–H groups in total. The molecule has 1 heterocycles. The van der Waals surface area contributed by atoms with E-state index >= 15 is 0 Å². The molecule has 0 aromatic carbocycles. The maximum absolute atomic E-state index is 13.7. The van der Waals surface area contributed by atoms with Crippen molar-refractivity contribution in [2.75, 3.05) is 55.0 Å². The van der Waals surface area contributed by atoms with Crippen LogP contribution in [0.25, 0.3) is 0 Å². The number of aldehydes is 1. The predicted molar refractivity (Wildman–Crippen MR) is 161 cm³/mol. The van der Waals surface area contributed by atoms with Crippen LogP contribution in [0.4, 0.5) is 0 Å². The third-order valence-electron chi connectivity index (χ3n) is 8.53. The fourth-order valence-electron chi connectivity index (χ4n) is 6.15. The maximum Gasteiger partial charge on any atom is 0.242 e. The molecule has 1 saturated heterocycles. The summed E-state index contributed by atoms with van der Waals surface area (Å²) >= 11 is 0. The van der Waals surface area contributed by atoms with Gasteiger partial charge in [0.1, 0.15) is 6.29 Å². The Balaban J connectivity index is 3.06. The van der Waals surface area contributed by atoms with E-state index < -0.39 is 24.2 Å². The average molecular weight is 598 g/mol. The summed E-state index contributed by atoms with van der Waals surface area (Å²) in [7, 11) is 8.41. The predicted octanol–water partition coefficient (Wildman–Crippen LogP) is 0.924. The number of rotatable bonds is 18. The molecule has 242 valence electrons. The van der Waals surface area contributed by atoms with Crippen LogP contribution in [0.1, 0.15) is 60.3 Å². The third kappa shape index (κ3) is 10.0. The number of amides is 4. The quantitative estimate of drug-likeness (QED) is 0.223. The van der Waals surface area contributed by atoms with Gasteiger partial charge in [0.15, 0.2) is 0 Å². The molecule has 0 spiro atoms. The van der Waals surface area contributed by atoms with Crippen LogP contribution in [0, 0.1) is 17.8 Å². The number of likely N-dealkylation sites (N-methyl/N-ethyl adjacent to an activating group) is 2. The second kappa shape index (κ2) is 18.2. The van der Waals surface area contributed by atoms with Crippen LogP contribution in [0.3, 0.4) is 0 Å². The van der Waals surface area contributed by atoms with Gasteiger partial charge in [-0.15, -0.1) is 0 Å². The molecule has 0 aliphatic carbocycles. The van der Waals surface area contributed by atoms with Crippen LogP contribution in [-0.2, 0) is 33.4 Å². The molecule has 0 saturated carbocycles. The van der Waals surface area contributed by atoms with Crippen molar-refractivity contribution >= 4 is 29.9 Å². The Bertz CT molecular complexity index is 891. The highest BCUT2D eigenvalue weighted by Gasteiger charge is 2.42. The molecule has 1 fully saturated rings. The Morgan fingerprint density at radius 2 is 1.64 bits per heavy atom. The van der Waals surface area contributed by atoms with E-state index in [1.165, 1.54) is 14.2 Å². The zero-order valence-electron chi connectivity index (χ0n) is 27.3. The van der Waals surface area contributed by atoms with E-state index in [1.807, 2.05) is 46.7 Å². The molecule has 7 atom stereocenters. The highest BCUT2D eigenvalue weighted by molar-refractivity contribution is 5.87. The summed E-state index contributed by atoms with van der Waals surface area (Å²) in [5, 5.41) is 5.35. The van der Waals surface area contributed by atoms with Crippen molar-refractivity contribution in [2.24, 2.45) is 17.8 Å². The van der Waals surface area contributed by atoms with Crippen molar-refractivity contribution in [3.05, 3.63) is 0 Å². The highest BCUT2D eigenvalue weighted by atomic mass is 16.5. The van der Waals surface area contributed by atoms with Gasteiger partial charge in [0.05, 0.1) is 55.8 Å². The van der Waals surface area contributed by atoms with Gasteiger partial charge < -0.3 is 34.7 Å². The third-order valence-corrected chi connectivity index (χ3v) is 8.53. The molecule has 0 radical (unpaired) electrons. The van der Waals surface area contributed by atoms with Gasteiger partial charge in [-0.2, -0.15) is 0 Å². The van der Waals surface area contributed by atoms with E-state index in [2.05, 4.69) is 10.6 Å². The second-order valence-corrected chi connectivity index (χ2v) is 11.9. The lowest BCUT2D eigenvalue weighted by Gasteiger charge is -2.39. The van der Waals surface area contributed by atoms with Crippen molar-refractivity contribution in [3.63, 3.8) is 0 Å². The van der Waals surface area contributed by atoms with E-state index in [0.717, 1.165) is 12.8 Å². The SMILES string of the molecule is CCC(C)C(C(CC(=O)N1CCC[C@H]1C(OC)C(C)C(=O)NCC=O)OC)N(C)C(=O)CNC(=O)C(C(C)C)N(C)C. The smallest absolute Gasteiger partial charge is 0.242 e. The van der Waals surface area contributed by atoms with Gasteiger partial charge in [0.2, 0.25) is 23.6 Å². The van der Waals surface area contributed by atoms with Gasteiger partial charge in [-0.3, -0.25) is 24.1 Å².